The summed E-state index contributed by atoms with van der Waals surface area (Å²) in [6.45, 7) is 0.417. The first-order valence-electron chi connectivity index (χ1n) is 7.07. The van der Waals surface area contributed by atoms with E-state index in [0.717, 1.165) is 23.3 Å². The van der Waals surface area contributed by atoms with Gasteiger partial charge in [-0.2, -0.15) is 4.91 Å². The maximum Gasteiger partial charge on any atom is 0.224 e. The number of nitrogens with one attached hydrogen (secondary N) is 2. The summed E-state index contributed by atoms with van der Waals surface area (Å²) in [4.78, 5) is 21.8. The summed E-state index contributed by atoms with van der Waals surface area (Å²) in [5.74, 6) is 1.01. The van der Waals surface area contributed by atoms with E-state index in [2.05, 4.69) is 15.8 Å². The third-order valence-corrected chi connectivity index (χ3v) is 3.52. The molecule has 1 heterocycles. The van der Waals surface area contributed by atoms with Crippen LogP contribution >= 0.6 is 0 Å². The van der Waals surface area contributed by atoms with Crippen LogP contribution < -0.4 is 25.8 Å². The van der Waals surface area contributed by atoms with Gasteiger partial charge in [0, 0.05) is 17.3 Å². The Morgan fingerprint density at radius 3 is 3.00 bits per heavy atom. The van der Waals surface area contributed by atoms with Crippen molar-refractivity contribution in [3.63, 3.8) is 0 Å². The number of carbonyl (C=O) groups is 1. The first-order valence-corrected chi connectivity index (χ1v) is 7.07. The fraction of sp³-hybridized carbons (Fsp3) is 0.400. The van der Waals surface area contributed by atoms with E-state index in [1.807, 2.05) is 30.5 Å². The van der Waals surface area contributed by atoms with Crippen LogP contribution in [0.25, 0.3) is 12.3 Å². The van der Waals surface area contributed by atoms with Crippen molar-refractivity contribution in [3.05, 3.63) is 33.5 Å². The Balaban J connectivity index is 1.69. The minimum Gasteiger partial charge on any atom is -0.492 e. The molecule has 2 N–H and O–H groups in total. The zero-order chi connectivity index (χ0) is 14.7. The Hall–Kier alpha value is -2.37. The minimum atomic E-state index is -0.170. The van der Waals surface area contributed by atoms with Gasteiger partial charge in [0.25, 0.3) is 0 Å². The zero-order valence-corrected chi connectivity index (χ0v) is 11.5. The fourth-order valence-electron chi connectivity index (χ4n) is 2.23. The van der Waals surface area contributed by atoms with Gasteiger partial charge in [-0.25, -0.2) is 0 Å². The molecule has 1 atom stereocenters. The second-order valence-corrected chi connectivity index (χ2v) is 5.23. The third kappa shape index (κ3) is 3.39. The highest BCUT2D eigenvalue weighted by atomic mass is 16.5. The van der Waals surface area contributed by atoms with Crippen LogP contribution in [0.3, 0.4) is 0 Å². The average molecular weight is 287 g/mol. The van der Waals surface area contributed by atoms with Gasteiger partial charge in [0.05, 0.1) is 0 Å². The smallest absolute Gasteiger partial charge is 0.224 e. The van der Waals surface area contributed by atoms with E-state index in [4.69, 9.17) is 4.74 Å². The SMILES string of the molecule is O=NCCOc1ccc2c(c1)=CNC(NC(=O)C1CC1)C=2. The Labute approximate surface area is 121 Å². The van der Waals surface area contributed by atoms with Crippen molar-refractivity contribution in [2.24, 2.45) is 11.1 Å². The van der Waals surface area contributed by atoms with Crippen molar-refractivity contribution < 1.29 is 9.53 Å². The van der Waals surface area contributed by atoms with Crippen LogP contribution in [0.2, 0.25) is 0 Å². The summed E-state index contributed by atoms with van der Waals surface area (Å²) in [7, 11) is 0. The van der Waals surface area contributed by atoms with Crippen LogP contribution in [0.5, 0.6) is 5.75 Å². The van der Waals surface area contributed by atoms with Crippen molar-refractivity contribution in [2.75, 3.05) is 13.2 Å². The molecule has 0 radical (unpaired) electrons. The lowest BCUT2D eigenvalue weighted by Crippen LogP contribution is -2.48. The standard InChI is InChI=1S/C15H17N3O3/c19-15(10-1-2-10)18-14-8-11-3-4-13(21-6-5-17-20)7-12(11)9-16-14/h3-4,7-10,14,16H,1-2,5-6H2,(H,18,19). The molecule has 110 valence electrons. The fourth-order valence-corrected chi connectivity index (χ4v) is 2.23. The number of hydrogen-bond donors (Lipinski definition) is 2. The zero-order valence-electron chi connectivity index (χ0n) is 11.5. The van der Waals surface area contributed by atoms with E-state index in [1.54, 1.807) is 0 Å². The molecule has 1 fully saturated rings. The van der Waals surface area contributed by atoms with Crippen molar-refractivity contribution in [3.8, 4) is 5.75 Å². The van der Waals surface area contributed by atoms with E-state index in [0.29, 0.717) is 5.75 Å². The summed E-state index contributed by atoms with van der Waals surface area (Å²) in [6.07, 6.45) is 5.66. The molecule has 1 amide bonds. The molecule has 1 aliphatic heterocycles. The topological polar surface area (TPSA) is 79.8 Å². The van der Waals surface area contributed by atoms with Gasteiger partial charge in [-0.05, 0) is 36.3 Å². The van der Waals surface area contributed by atoms with Gasteiger partial charge in [0.1, 0.15) is 25.1 Å². The Kier molecular flexibility index (Phi) is 3.85. The lowest BCUT2D eigenvalue weighted by Gasteiger charge is -2.18. The van der Waals surface area contributed by atoms with E-state index in [1.165, 1.54) is 0 Å². The number of ether oxygens (including phenoxy) is 1. The molecule has 1 unspecified atom stereocenters. The second-order valence-electron chi connectivity index (χ2n) is 5.23. The number of nitroso groups, excluding NO2 is 1. The van der Waals surface area contributed by atoms with Crippen LogP contribution in [0.4, 0.5) is 0 Å². The Morgan fingerprint density at radius 2 is 2.24 bits per heavy atom. The number of fused-ring (bicyclic) bond motifs is 1. The summed E-state index contributed by atoms with van der Waals surface area (Å²) >= 11 is 0. The summed E-state index contributed by atoms with van der Waals surface area (Å²) < 4.78 is 5.42. The highest BCUT2D eigenvalue weighted by Gasteiger charge is 2.30. The van der Waals surface area contributed by atoms with E-state index < -0.39 is 0 Å². The summed E-state index contributed by atoms with van der Waals surface area (Å²) in [6, 6.07) is 5.67. The van der Waals surface area contributed by atoms with Gasteiger partial charge in [-0.15, -0.1) is 0 Å². The third-order valence-electron chi connectivity index (χ3n) is 3.52. The number of amides is 1. The predicted octanol–water partition coefficient (Wildman–Crippen LogP) is -0.194. The molecule has 0 aromatic heterocycles. The van der Waals surface area contributed by atoms with Gasteiger partial charge < -0.3 is 15.4 Å². The molecule has 6 heteroatoms. The number of rotatable bonds is 6. The number of benzene rings is 1. The molecular weight excluding hydrogens is 270 g/mol. The van der Waals surface area contributed by atoms with Crippen LogP contribution in [-0.4, -0.2) is 25.2 Å². The van der Waals surface area contributed by atoms with Gasteiger partial charge >= 0.3 is 0 Å². The number of nitrogens with zero attached hydrogens (tertiary/aromatic N) is 1. The minimum absolute atomic E-state index is 0.113. The largest absolute Gasteiger partial charge is 0.492 e. The molecule has 1 aliphatic carbocycles. The van der Waals surface area contributed by atoms with Crippen molar-refractivity contribution in [1.29, 1.82) is 0 Å². The predicted molar refractivity (Wildman–Crippen MR) is 78.6 cm³/mol. The molecular formula is C15H17N3O3. The Bertz CT molecular complexity index is 667. The molecule has 2 aliphatic rings. The van der Waals surface area contributed by atoms with Crippen molar-refractivity contribution in [2.45, 2.75) is 19.0 Å². The maximum atomic E-state index is 11.7. The highest BCUT2D eigenvalue weighted by Crippen LogP contribution is 2.28. The maximum absolute atomic E-state index is 11.7. The van der Waals surface area contributed by atoms with Gasteiger partial charge in [-0.3, -0.25) is 4.79 Å². The van der Waals surface area contributed by atoms with E-state index in [-0.39, 0.29) is 31.1 Å². The summed E-state index contributed by atoms with van der Waals surface area (Å²) in [5, 5.41) is 10.9. The molecule has 3 rings (SSSR count). The van der Waals surface area contributed by atoms with Gasteiger partial charge in [-0.1, -0.05) is 11.2 Å². The van der Waals surface area contributed by atoms with E-state index >= 15 is 0 Å². The molecule has 21 heavy (non-hydrogen) atoms. The monoisotopic (exact) mass is 287 g/mol. The molecule has 6 nitrogen and oxygen atoms in total. The van der Waals surface area contributed by atoms with Gasteiger partial charge in [0.2, 0.25) is 5.91 Å². The lowest BCUT2D eigenvalue weighted by atomic mass is 10.1. The number of carbonyl (C=O) groups excluding carboxylic acids is 1. The van der Waals surface area contributed by atoms with Crippen molar-refractivity contribution in [1.82, 2.24) is 10.6 Å². The van der Waals surface area contributed by atoms with Crippen LogP contribution in [0.15, 0.2) is 23.4 Å². The molecule has 1 aromatic rings. The second kappa shape index (κ2) is 5.95. The molecule has 1 aromatic carbocycles. The quantitative estimate of drug-likeness (QED) is 0.561. The first-order chi connectivity index (χ1) is 10.3. The lowest BCUT2D eigenvalue weighted by molar-refractivity contribution is -0.122. The first kappa shape index (κ1) is 13.6. The molecule has 0 bridgehead atoms. The van der Waals surface area contributed by atoms with Crippen LogP contribution in [0.1, 0.15) is 12.8 Å². The number of hydrogen-bond acceptors (Lipinski definition) is 5. The summed E-state index contributed by atoms with van der Waals surface area (Å²) in [5.41, 5.74) is 0. The van der Waals surface area contributed by atoms with E-state index in [9.17, 15) is 9.70 Å². The normalized spacial score (nSPS) is 19.3. The molecule has 0 spiro atoms. The Morgan fingerprint density at radius 1 is 1.38 bits per heavy atom. The van der Waals surface area contributed by atoms with Gasteiger partial charge in [0.15, 0.2) is 0 Å². The average Bonchev–Trinajstić information content (AvgIpc) is 3.32. The van der Waals surface area contributed by atoms with Crippen LogP contribution in [0, 0.1) is 10.8 Å². The van der Waals surface area contributed by atoms with Crippen LogP contribution in [-0.2, 0) is 4.79 Å². The van der Waals surface area contributed by atoms with Crippen molar-refractivity contribution >= 4 is 18.2 Å². The molecule has 1 saturated carbocycles. The molecule has 0 saturated heterocycles. The highest BCUT2D eigenvalue weighted by molar-refractivity contribution is 5.82.